The number of carboxylic acids is 1. The zero-order valence-electron chi connectivity index (χ0n) is 13.4. The summed E-state index contributed by atoms with van der Waals surface area (Å²) in [7, 11) is 0. The lowest BCUT2D eigenvalue weighted by Gasteiger charge is -2.33. The van der Waals surface area contributed by atoms with Crippen molar-refractivity contribution < 1.29 is 14.7 Å². The number of nitrogens with one attached hydrogen (secondary N) is 2. The molecule has 1 saturated carbocycles. The van der Waals surface area contributed by atoms with E-state index >= 15 is 0 Å². The van der Waals surface area contributed by atoms with Crippen molar-refractivity contribution >= 4 is 35.1 Å². The minimum Gasteiger partial charge on any atom is -0.480 e. The molecule has 1 aliphatic rings. The number of carbonyl (C=O) groups is 2. The van der Waals surface area contributed by atoms with Gasteiger partial charge in [-0.15, -0.1) is 0 Å². The standard InChI is InChI=1S/C18H18Cl2N2O3/c19-12-5-4-6-13(20)14(12)11-7-10-21-15(11)16(23)22-18(17(24)25)8-2-1-3-9-18/h4-7,10,21H,1-3,8-9H2,(H,22,23)(H,24,25). The molecule has 0 saturated heterocycles. The number of benzene rings is 1. The first-order valence-corrected chi connectivity index (χ1v) is 8.88. The fourth-order valence-electron chi connectivity index (χ4n) is 3.35. The molecule has 3 N–H and O–H groups in total. The van der Waals surface area contributed by atoms with Crippen LogP contribution in [-0.2, 0) is 4.79 Å². The molecule has 0 spiro atoms. The van der Waals surface area contributed by atoms with Gasteiger partial charge in [-0.3, -0.25) is 4.79 Å². The average molecular weight is 381 g/mol. The van der Waals surface area contributed by atoms with Crippen LogP contribution in [-0.4, -0.2) is 27.5 Å². The molecule has 0 radical (unpaired) electrons. The van der Waals surface area contributed by atoms with E-state index < -0.39 is 17.4 Å². The van der Waals surface area contributed by atoms with Gasteiger partial charge >= 0.3 is 5.97 Å². The minimum atomic E-state index is -1.22. The van der Waals surface area contributed by atoms with Gasteiger partial charge in [0.15, 0.2) is 0 Å². The van der Waals surface area contributed by atoms with Crippen molar-refractivity contribution in [3.05, 3.63) is 46.2 Å². The number of carbonyl (C=O) groups excluding carboxylic acids is 1. The number of H-pyrrole nitrogens is 1. The molecule has 1 aliphatic carbocycles. The van der Waals surface area contributed by atoms with E-state index in [0.29, 0.717) is 34.0 Å². The van der Waals surface area contributed by atoms with E-state index in [1.807, 2.05) is 0 Å². The van der Waals surface area contributed by atoms with E-state index in [4.69, 9.17) is 23.2 Å². The van der Waals surface area contributed by atoms with Crippen molar-refractivity contribution in [2.75, 3.05) is 0 Å². The van der Waals surface area contributed by atoms with Gasteiger partial charge in [0.2, 0.25) is 0 Å². The number of hydrogen-bond donors (Lipinski definition) is 3. The highest BCUT2D eigenvalue weighted by molar-refractivity contribution is 6.39. The number of aromatic amines is 1. The molecule has 1 aromatic carbocycles. The Labute approximate surface area is 155 Å². The number of rotatable bonds is 4. The lowest BCUT2D eigenvalue weighted by Crippen LogP contribution is -2.55. The largest absolute Gasteiger partial charge is 0.480 e. The van der Waals surface area contributed by atoms with E-state index in [9.17, 15) is 14.7 Å². The second-order valence-corrected chi connectivity index (χ2v) is 7.08. The Bertz CT molecular complexity index is 790. The van der Waals surface area contributed by atoms with Gasteiger partial charge in [-0.05, 0) is 31.0 Å². The summed E-state index contributed by atoms with van der Waals surface area (Å²) in [4.78, 5) is 27.5. The lowest BCUT2D eigenvalue weighted by molar-refractivity contribution is -0.145. The quantitative estimate of drug-likeness (QED) is 0.729. The maximum atomic E-state index is 12.8. The molecule has 0 atom stereocenters. The molecule has 1 fully saturated rings. The molecule has 7 heteroatoms. The van der Waals surface area contributed by atoms with Crippen molar-refractivity contribution in [3.63, 3.8) is 0 Å². The summed E-state index contributed by atoms with van der Waals surface area (Å²) in [5, 5.41) is 13.2. The number of hydrogen-bond acceptors (Lipinski definition) is 2. The molecule has 25 heavy (non-hydrogen) atoms. The van der Waals surface area contributed by atoms with E-state index in [-0.39, 0.29) is 5.69 Å². The molecule has 0 aliphatic heterocycles. The van der Waals surface area contributed by atoms with E-state index in [1.165, 1.54) is 0 Å². The fourth-order valence-corrected chi connectivity index (χ4v) is 3.95. The molecule has 0 unspecified atom stereocenters. The molecule has 1 amide bonds. The Morgan fingerprint density at radius 1 is 1.08 bits per heavy atom. The third-order valence-corrected chi connectivity index (χ3v) is 5.31. The van der Waals surface area contributed by atoms with Gasteiger partial charge in [0.05, 0.1) is 0 Å². The summed E-state index contributed by atoms with van der Waals surface area (Å²) in [5.74, 6) is -1.47. The number of amides is 1. The smallest absolute Gasteiger partial charge is 0.329 e. The van der Waals surface area contributed by atoms with E-state index in [0.717, 1.165) is 19.3 Å². The molecule has 5 nitrogen and oxygen atoms in total. The van der Waals surface area contributed by atoms with Crippen molar-refractivity contribution in [1.29, 1.82) is 0 Å². The SMILES string of the molecule is O=C(NC1(C(=O)O)CCCCC1)c1[nH]ccc1-c1c(Cl)cccc1Cl. The maximum absolute atomic E-state index is 12.8. The Balaban J connectivity index is 1.94. The minimum absolute atomic E-state index is 0.251. The molecule has 1 aromatic heterocycles. The molecule has 1 heterocycles. The van der Waals surface area contributed by atoms with Crippen molar-refractivity contribution in [2.45, 2.75) is 37.6 Å². The van der Waals surface area contributed by atoms with Gasteiger partial charge in [0.25, 0.3) is 5.91 Å². The molecule has 0 bridgehead atoms. The Kier molecular flexibility index (Phi) is 5.06. The van der Waals surface area contributed by atoms with E-state index in [2.05, 4.69) is 10.3 Å². The second-order valence-electron chi connectivity index (χ2n) is 6.27. The van der Waals surface area contributed by atoms with Crippen LogP contribution in [0, 0.1) is 0 Å². The van der Waals surface area contributed by atoms with Crippen molar-refractivity contribution in [2.24, 2.45) is 0 Å². The summed E-state index contributed by atoms with van der Waals surface area (Å²) >= 11 is 12.5. The molecule has 3 rings (SSSR count). The predicted octanol–water partition coefficient (Wildman–Crippen LogP) is 4.51. The van der Waals surface area contributed by atoms with Gasteiger partial charge in [0, 0.05) is 27.4 Å². The van der Waals surface area contributed by atoms with Crippen molar-refractivity contribution in [3.8, 4) is 11.1 Å². The predicted molar refractivity (Wildman–Crippen MR) is 97.2 cm³/mol. The summed E-state index contributed by atoms with van der Waals surface area (Å²) in [5.41, 5.74) is 0.123. The Morgan fingerprint density at radius 2 is 1.72 bits per heavy atom. The number of aromatic nitrogens is 1. The average Bonchev–Trinajstić information content (AvgIpc) is 3.05. The Morgan fingerprint density at radius 3 is 2.32 bits per heavy atom. The first-order valence-electron chi connectivity index (χ1n) is 8.12. The third kappa shape index (κ3) is 3.39. The first-order chi connectivity index (χ1) is 11.9. The summed E-state index contributed by atoms with van der Waals surface area (Å²) in [6.45, 7) is 0. The normalized spacial score (nSPS) is 16.4. The van der Waals surface area contributed by atoms with Crippen LogP contribution in [0.5, 0.6) is 0 Å². The second kappa shape index (κ2) is 7.10. The van der Waals surface area contributed by atoms with Crippen LogP contribution < -0.4 is 5.32 Å². The van der Waals surface area contributed by atoms with Crippen LogP contribution in [0.2, 0.25) is 10.0 Å². The van der Waals surface area contributed by atoms with Crippen LogP contribution in [0.25, 0.3) is 11.1 Å². The van der Waals surface area contributed by atoms with Gasteiger partial charge in [0.1, 0.15) is 11.2 Å². The summed E-state index contributed by atoms with van der Waals surface area (Å²) in [6.07, 6.45) is 5.00. The van der Waals surface area contributed by atoms with Crippen LogP contribution in [0.4, 0.5) is 0 Å². The highest BCUT2D eigenvalue weighted by atomic mass is 35.5. The van der Waals surface area contributed by atoms with Crippen LogP contribution in [0.1, 0.15) is 42.6 Å². The number of carboxylic acid groups (broad SMARTS) is 1. The molecule has 132 valence electrons. The van der Waals surface area contributed by atoms with Gasteiger partial charge in [-0.2, -0.15) is 0 Å². The molecular weight excluding hydrogens is 363 g/mol. The van der Waals surface area contributed by atoms with E-state index in [1.54, 1.807) is 30.5 Å². The topological polar surface area (TPSA) is 82.2 Å². The van der Waals surface area contributed by atoms with Crippen LogP contribution in [0.15, 0.2) is 30.5 Å². The number of aliphatic carboxylic acids is 1. The van der Waals surface area contributed by atoms with Gasteiger partial charge in [-0.25, -0.2) is 4.79 Å². The monoisotopic (exact) mass is 380 g/mol. The van der Waals surface area contributed by atoms with Crippen LogP contribution in [0.3, 0.4) is 0 Å². The third-order valence-electron chi connectivity index (χ3n) is 4.68. The fraction of sp³-hybridized carbons (Fsp3) is 0.333. The highest BCUT2D eigenvalue weighted by Gasteiger charge is 2.41. The first kappa shape index (κ1) is 17.8. The van der Waals surface area contributed by atoms with Gasteiger partial charge in [-0.1, -0.05) is 48.5 Å². The van der Waals surface area contributed by atoms with Crippen LogP contribution >= 0.6 is 23.2 Å². The Hall–Kier alpha value is -1.98. The summed E-state index contributed by atoms with van der Waals surface area (Å²) < 4.78 is 0. The maximum Gasteiger partial charge on any atom is 0.329 e. The molecular formula is C18H18Cl2N2O3. The highest BCUT2D eigenvalue weighted by Crippen LogP contribution is 2.37. The van der Waals surface area contributed by atoms with Gasteiger partial charge < -0.3 is 15.4 Å². The summed E-state index contributed by atoms with van der Waals surface area (Å²) in [6, 6.07) is 6.81. The zero-order valence-corrected chi connectivity index (χ0v) is 15.0. The molecule has 2 aromatic rings. The number of halogens is 2. The zero-order chi connectivity index (χ0) is 18.0. The lowest BCUT2D eigenvalue weighted by atomic mass is 9.81. The van der Waals surface area contributed by atoms with Crippen molar-refractivity contribution in [1.82, 2.24) is 10.3 Å².